The Morgan fingerprint density at radius 1 is 1.22 bits per heavy atom. The van der Waals surface area contributed by atoms with E-state index in [0.29, 0.717) is 30.8 Å². The highest BCUT2D eigenvalue weighted by Gasteiger charge is 2.30. The van der Waals surface area contributed by atoms with Crippen LogP contribution in [-0.4, -0.2) is 52.5 Å². The van der Waals surface area contributed by atoms with Gasteiger partial charge in [0, 0.05) is 37.3 Å². The molecule has 0 saturated heterocycles. The third kappa shape index (κ3) is 4.32. The number of aromatic amines is 1. The molecule has 1 aliphatic carbocycles. The van der Waals surface area contributed by atoms with Crippen LogP contribution in [0.2, 0.25) is 0 Å². The van der Waals surface area contributed by atoms with Crippen LogP contribution in [0.3, 0.4) is 0 Å². The van der Waals surface area contributed by atoms with Gasteiger partial charge in [-0.3, -0.25) is 5.10 Å². The molecule has 4 rings (SSSR count). The predicted octanol–water partition coefficient (Wildman–Crippen LogP) is 3.43. The summed E-state index contributed by atoms with van der Waals surface area (Å²) in [5, 5.41) is 10.7. The number of aromatic nitrogens is 3. The van der Waals surface area contributed by atoms with E-state index >= 15 is 0 Å². The van der Waals surface area contributed by atoms with E-state index in [0.717, 1.165) is 43.6 Å². The summed E-state index contributed by atoms with van der Waals surface area (Å²) in [6.07, 6.45) is 4.08. The number of carbonyl (C=O) groups is 1. The van der Waals surface area contributed by atoms with Crippen LogP contribution in [0.4, 0.5) is 16.4 Å². The molecule has 2 atom stereocenters. The lowest BCUT2D eigenvalue weighted by molar-refractivity contribution is 0.0706. The van der Waals surface area contributed by atoms with Crippen LogP contribution in [0.5, 0.6) is 5.88 Å². The normalized spacial score (nSPS) is 23.6. The lowest BCUT2D eigenvalue weighted by Gasteiger charge is -2.20. The van der Waals surface area contributed by atoms with Crippen LogP contribution in [0.25, 0.3) is 0 Å². The van der Waals surface area contributed by atoms with Crippen molar-refractivity contribution in [1.82, 2.24) is 20.1 Å². The van der Waals surface area contributed by atoms with Gasteiger partial charge in [0.2, 0.25) is 5.88 Å². The Balaban J connectivity index is 1.52. The zero-order valence-electron chi connectivity index (χ0n) is 15.5. The first-order chi connectivity index (χ1) is 13.2. The number of pyridine rings is 1. The molecule has 2 aromatic rings. The van der Waals surface area contributed by atoms with E-state index in [2.05, 4.69) is 20.5 Å². The average molecular weight is 371 g/mol. The fourth-order valence-corrected chi connectivity index (χ4v) is 3.59. The highest BCUT2D eigenvalue weighted by atomic mass is 16.6. The molecule has 6 bridgehead atoms. The van der Waals surface area contributed by atoms with E-state index in [1.807, 2.05) is 24.3 Å². The second kappa shape index (κ2) is 7.85. The van der Waals surface area contributed by atoms with Gasteiger partial charge in [-0.1, -0.05) is 6.07 Å². The third-order valence-electron chi connectivity index (χ3n) is 5.12. The van der Waals surface area contributed by atoms with Crippen LogP contribution in [-0.2, 0) is 4.74 Å². The lowest BCUT2D eigenvalue weighted by Crippen LogP contribution is -2.31. The van der Waals surface area contributed by atoms with E-state index < -0.39 is 0 Å². The van der Waals surface area contributed by atoms with Crippen LogP contribution >= 0.6 is 0 Å². The minimum absolute atomic E-state index is 0.0368. The minimum Gasteiger partial charge on any atom is -0.478 e. The first kappa shape index (κ1) is 17.6. The van der Waals surface area contributed by atoms with Crippen molar-refractivity contribution in [2.45, 2.75) is 44.1 Å². The standard InChI is InChI=1S/C19H25N5O3/c1-24-9-2-3-10-26-18-6-4-5-16(21-18)20-17-12-15(22-23-17)13-7-8-14(11-13)27-19(24)25/h4-6,12-14H,2-3,7-11H2,1H3,(H2,20,21,22,23)/t13-,14+/m0/s1. The summed E-state index contributed by atoms with van der Waals surface area (Å²) in [5.41, 5.74) is 1.05. The van der Waals surface area contributed by atoms with Gasteiger partial charge in [0.05, 0.1) is 6.61 Å². The van der Waals surface area contributed by atoms with Crippen LogP contribution < -0.4 is 10.1 Å². The average Bonchev–Trinajstić information content (AvgIpc) is 3.30. The first-order valence-corrected chi connectivity index (χ1v) is 9.51. The number of nitrogens with zero attached hydrogens (tertiary/aromatic N) is 3. The molecule has 1 fully saturated rings. The van der Waals surface area contributed by atoms with Crippen molar-refractivity contribution in [3.63, 3.8) is 0 Å². The number of carbonyl (C=O) groups excluding carboxylic acids is 1. The zero-order valence-corrected chi connectivity index (χ0v) is 15.5. The summed E-state index contributed by atoms with van der Waals surface area (Å²) in [4.78, 5) is 18.4. The molecular weight excluding hydrogens is 346 g/mol. The molecule has 1 saturated carbocycles. The quantitative estimate of drug-likeness (QED) is 0.737. The van der Waals surface area contributed by atoms with Crippen molar-refractivity contribution < 1.29 is 14.3 Å². The maximum Gasteiger partial charge on any atom is 0.409 e. The van der Waals surface area contributed by atoms with Gasteiger partial charge in [0.15, 0.2) is 5.82 Å². The van der Waals surface area contributed by atoms with Gasteiger partial charge in [-0.15, -0.1) is 0 Å². The van der Waals surface area contributed by atoms with Crippen molar-refractivity contribution in [2.24, 2.45) is 0 Å². The monoisotopic (exact) mass is 371 g/mol. The Kier molecular flexibility index (Phi) is 5.13. The summed E-state index contributed by atoms with van der Waals surface area (Å²) in [6, 6.07) is 7.63. The Morgan fingerprint density at radius 3 is 3.07 bits per heavy atom. The zero-order chi connectivity index (χ0) is 18.6. The highest BCUT2D eigenvalue weighted by Crippen LogP contribution is 2.36. The fourth-order valence-electron chi connectivity index (χ4n) is 3.59. The Labute approximate surface area is 158 Å². The van der Waals surface area contributed by atoms with Gasteiger partial charge in [-0.05, 0) is 38.2 Å². The Hall–Kier alpha value is -2.77. The molecule has 0 unspecified atom stereocenters. The predicted molar refractivity (Wildman–Crippen MR) is 100 cm³/mol. The molecule has 1 aliphatic heterocycles. The maximum absolute atomic E-state index is 12.3. The van der Waals surface area contributed by atoms with Crippen molar-refractivity contribution in [2.75, 3.05) is 25.5 Å². The van der Waals surface area contributed by atoms with Gasteiger partial charge < -0.3 is 19.7 Å². The minimum atomic E-state index is -0.246. The smallest absolute Gasteiger partial charge is 0.409 e. The van der Waals surface area contributed by atoms with Crippen LogP contribution in [0, 0.1) is 0 Å². The summed E-state index contributed by atoms with van der Waals surface area (Å²) < 4.78 is 11.4. The van der Waals surface area contributed by atoms with E-state index in [-0.39, 0.29) is 12.2 Å². The number of hydrogen-bond acceptors (Lipinski definition) is 6. The number of nitrogens with one attached hydrogen (secondary N) is 2. The van der Waals surface area contributed by atoms with Crippen molar-refractivity contribution in [1.29, 1.82) is 0 Å². The van der Waals surface area contributed by atoms with Crippen molar-refractivity contribution >= 4 is 17.7 Å². The Bertz CT molecular complexity index is 793. The summed E-state index contributed by atoms with van der Waals surface area (Å²) >= 11 is 0. The third-order valence-corrected chi connectivity index (χ3v) is 5.12. The van der Waals surface area contributed by atoms with Crippen molar-refractivity contribution in [3.8, 4) is 5.88 Å². The number of rotatable bonds is 0. The Morgan fingerprint density at radius 2 is 2.15 bits per heavy atom. The molecule has 1 amide bonds. The molecule has 8 heteroatoms. The highest BCUT2D eigenvalue weighted by molar-refractivity contribution is 5.67. The topological polar surface area (TPSA) is 92.4 Å². The van der Waals surface area contributed by atoms with Gasteiger partial charge >= 0.3 is 6.09 Å². The van der Waals surface area contributed by atoms with Gasteiger partial charge in [-0.25, -0.2) is 4.79 Å². The maximum atomic E-state index is 12.3. The molecule has 0 spiro atoms. The molecule has 27 heavy (non-hydrogen) atoms. The second-order valence-electron chi connectivity index (χ2n) is 7.19. The molecule has 0 radical (unpaired) electrons. The first-order valence-electron chi connectivity index (χ1n) is 9.51. The van der Waals surface area contributed by atoms with Crippen LogP contribution in [0.1, 0.15) is 43.7 Å². The van der Waals surface area contributed by atoms with Crippen LogP contribution in [0.15, 0.2) is 24.3 Å². The fraction of sp³-hybridized carbons (Fsp3) is 0.526. The summed E-state index contributed by atoms with van der Waals surface area (Å²) in [6.45, 7) is 1.20. The molecule has 2 N–H and O–H groups in total. The molecule has 8 nitrogen and oxygen atoms in total. The number of hydrogen-bond donors (Lipinski definition) is 2. The molecular formula is C19H25N5O3. The number of ether oxygens (including phenoxy) is 2. The SMILES string of the molecule is CN1CCCCOc2cccc(n2)Nc2cc([nH]n2)[C@H]2CC[C@H](C2)OC1=O. The molecule has 0 aromatic carbocycles. The van der Waals surface area contributed by atoms with Crippen molar-refractivity contribution in [3.05, 3.63) is 30.0 Å². The summed E-state index contributed by atoms with van der Waals surface area (Å²) in [7, 11) is 1.78. The number of H-pyrrole nitrogens is 1. The molecule has 2 aromatic heterocycles. The van der Waals surface area contributed by atoms with E-state index in [4.69, 9.17) is 9.47 Å². The molecule has 144 valence electrons. The largest absolute Gasteiger partial charge is 0.478 e. The second-order valence-corrected chi connectivity index (χ2v) is 7.19. The van der Waals surface area contributed by atoms with Gasteiger partial charge in [0.1, 0.15) is 11.9 Å². The van der Waals surface area contributed by atoms with E-state index in [1.54, 1.807) is 11.9 Å². The van der Waals surface area contributed by atoms with Gasteiger partial charge in [-0.2, -0.15) is 10.1 Å². The lowest BCUT2D eigenvalue weighted by atomic mass is 10.0. The summed E-state index contributed by atoms with van der Waals surface area (Å²) in [5.74, 6) is 2.31. The molecule has 2 aliphatic rings. The van der Waals surface area contributed by atoms with E-state index in [1.165, 1.54) is 0 Å². The number of anilines is 2. The van der Waals surface area contributed by atoms with Gasteiger partial charge in [0.25, 0.3) is 0 Å². The number of fused-ring (bicyclic) bond motifs is 7. The van der Waals surface area contributed by atoms with E-state index in [9.17, 15) is 4.79 Å². The number of amides is 1. The molecule has 3 heterocycles.